The second-order valence-electron chi connectivity index (χ2n) is 6.47. The van der Waals surface area contributed by atoms with Crippen LogP contribution < -0.4 is 4.74 Å². The number of aromatic nitrogens is 1. The van der Waals surface area contributed by atoms with Crippen LogP contribution in [0.15, 0.2) is 42.6 Å². The molecule has 0 N–H and O–H groups in total. The molecule has 0 atom stereocenters. The summed E-state index contributed by atoms with van der Waals surface area (Å²) < 4.78 is 9.98. The molecular formula is C21H23NOS. The Balaban J connectivity index is 2.06. The normalized spacial score (nSPS) is 11.1. The van der Waals surface area contributed by atoms with Crippen molar-refractivity contribution in [3.8, 4) is 27.3 Å². The number of rotatable bonds is 4. The molecule has 0 bridgehead atoms. The van der Waals surface area contributed by atoms with E-state index in [1.54, 1.807) is 7.11 Å². The zero-order valence-corrected chi connectivity index (χ0v) is 15.7. The first-order valence-electron chi connectivity index (χ1n) is 8.22. The monoisotopic (exact) mass is 337 g/mol. The first-order chi connectivity index (χ1) is 11.5. The summed E-state index contributed by atoms with van der Waals surface area (Å²) >= 11 is 1.54. The van der Waals surface area contributed by atoms with Gasteiger partial charge in [0, 0.05) is 11.8 Å². The van der Waals surface area contributed by atoms with E-state index in [4.69, 9.17) is 4.74 Å². The minimum absolute atomic E-state index is 0.545. The zero-order chi connectivity index (χ0) is 17.3. The van der Waals surface area contributed by atoms with Crippen molar-refractivity contribution in [1.82, 2.24) is 4.37 Å². The number of hydrogen-bond donors (Lipinski definition) is 0. The zero-order valence-electron chi connectivity index (χ0n) is 14.9. The van der Waals surface area contributed by atoms with Gasteiger partial charge in [0.05, 0.1) is 12.0 Å². The van der Waals surface area contributed by atoms with Crippen LogP contribution in [0, 0.1) is 13.8 Å². The maximum atomic E-state index is 5.54. The van der Waals surface area contributed by atoms with Crippen molar-refractivity contribution in [3.63, 3.8) is 0 Å². The molecule has 0 spiro atoms. The van der Waals surface area contributed by atoms with Crippen molar-refractivity contribution in [2.75, 3.05) is 7.11 Å². The molecule has 1 aromatic heterocycles. The Morgan fingerprint density at radius 1 is 1.00 bits per heavy atom. The van der Waals surface area contributed by atoms with E-state index in [-0.39, 0.29) is 0 Å². The molecule has 0 aliphatic heterocycles. The molecule has 24 heavy (non-hydrogen) atoms. The molecule has 0 saturated carbocycles. The van der Waals surface area contributed by atoms with Crippen LogP contribution in [0.25, 0.3) is 21.6 Å². The van der Waals surface area contributed by atoms with Crippen LogP contribution in [0.3, 0.4) is 0 Å². The average molecular weight is 337 g/mol. The van der Waals surface area contributed by atoms with Crippen molar-refractivity contribution >= 4 is 11.5 Å². The van der Waals surface area contributed by atoms with Crippen LogP contribution in [-0.4, -0.2) is 11.5 Å². The largest absolute Gasteiger partial charge is 0.496 e. The number of nitrogens with zero attached hydrogens (tertiary/aromatic N) is 1. The van der Waals surface area contributed by atoms with Crippen molar-refractivity contribution in [1.29, 1.82) is 0 Å². The van der Waals surface area contributed by atoms with Crippen LogP contribution in [0.2, 0.25) is 0 Å². The Morgan fingerprint density at radius 2 is 1.71 bits per heavy atom. The Kier molecular flexibility index (Phi) is 4.72. The SMILES string of the molecule is COc1cc(-c2sncc2-c2ccc(C(C)C)cc2)cc(C)c1C. The molecule has 0 aliphatic rings. The van der Waals surface area contributed by atoms with Gasteiger partial charge in [-0.1, -0.05) is 44.2 Å². The molecule has 3 aromatic rings. The lowest BCUT2D eigenvalue weighted by Gasteiger charge is -2.12. The first kappa shape index (κ1) is 16.7. The summed E-state index contributed by atoms with van der Waals surface area (Å²) in [5.74, 6) is 1.47. The van der Waals surface area contributed by atoms with Crippen LogP contribution >= 0.6 is 11.5 Å². The molecule has 3 heteroatoms. The van der Waals surface area contributed by atoms with Crippen LogP contribution in [-0.2, 0) is 0 Å². The topological polar surface area (TPSA) is 22.1 Å². The van der Waals surface area contributed by atoms with E-state index in [0.717, 1.165) is 5.75 Å². The second kappa shape index (κ2) is 6.78. The second-order valence-corrected chi connectivity index (χ2v) is 7.27. The molecule has 124 valence electrons. The highest BCUT2D eigenvalue weighted by atomic mass is 32.1. The molecule has 0 radical (unpaired) electrons. The molecule has 0 fully saturated rings. The minimum atomic E-state index is 0.545. The van der Waals surface area contributed by atoms with Gasteiger partial charge < -0.3 is 4.74 Å². The third kappa shape index (κ3) is 3.09. The van der Waals surface area contributed by atoms with Crippen molar-refractivity contribution in [2.45, 2.75) is 33.6 Å². The standard InChI is InChI=1S/C21H23NOS/c1-13(2)16-6-8-17(9-7-16)19-12-22-24-21(19)18-10-14(3)15(4)20(11-18)23-5/h6-13H,1-5H3. The molecule has 0 unspecified atom stereocenters. The van der Waals surface area contributed by atoms with Gasteiger partial charge in [-0.3, -0.25) is 0 Å². The minimum Gasteiger partial charge on any atom is -0.496 e. The molecule has 0 amide bonds. The predicted molar refractivity (Wildman–Crippen MR) is 103 cm³/mol. The molecular weight excluding hydrogens is 314 g/mol. The third-order valence-corrected chi connectivity index (χ3v) is 5.41. The Bertz CT molecular complexity index is 847. The third-order valence-electron chi connectivity index (χ3n) is 4.56. The van der Waals surface area contributed by atoms with Gasteiger partial charge >= 0.3 is 0 Å². The summed E-state index contributed by atoms with van der Waals surface area (Å²) in [6.45, 7) is 8.65. The lowest BCUT2D eigenvalue weighted by atomic mass is 9.97. The Morgan fingerprint density at radius 3 is 2.33 bits per heavy atom. The van der Waals surface area contributed by atoms with Gasteiger partial charge in [0.15, 0.2) is 0 Å². The molecule has 3 rings (SSSR count). The van der Waals surface area contributed by atoms with E-state index in [0.29, 0.717) is 5.92 Å². The molecule has 1 heterocycles. The number of hydrogen-bond acceptors (Lipinski definition) is 3. The smallest absolute Gasteiger partial charge is 0.122 e. The van der Waals surface area contributed by atoms with Gasteiger partial charge in [-0.15, -0.1) is 0 Å². The molecule has 2 aromatic carbocycles. The summed E-state index contributed by atoms with van der Waals surface area (Å²) in [4.78, 5) is 1.19. The summed E-state index contributed by atoms with van der Waals surface area (Å²) in [5.41, 5.74) is 7.34. The Hall–Kier alpha value is -2.13. The van der Waals surface area contributed by atoms with E-state index in [1.165, 1.54) is 49.8 Å². The number of ether oxygens (including phenoxy) is 1. The van der Waals surface area contributed by atoms with E-state index >= 15 is 0 Å². The molecule has 0 aliphatic carbocycles. The van der Waals surface area contributed by atoms with Crippen LogP contribution in [0.4, 0.5) is 0 Å². The maximum absolute atomic E-state index is 5.54. The fourth-order valence-corrected chi connectivity index (χ4v) is 3.63. The van der Waals surface area contributed by atoms with E-state index < -0.39 is 0 Å². The maximum Gasteiger partial charge on any atom is 0.122 e. The number of benzene rings is 2. The van der Waals surface area contributed by atoms with Gasteiger partial charge in [0.2, 0.25) is 0 Å². The first-order valence-corrected chi connectivity index (χ1v) is 8.99. The summed E-state index contributed by atoms with van der Waals surface area (Å²) in [6, 6.07) is 13.1. The lowest BCUT2D eigenvalue weighted by molar-refractivity contribution is 0.411. The van der Waals surface area contributed by atoms with Crippen molar-refractivity contribution < 1.29 is 4.74 Å². The summed E-state index contributed by atoms with van der Waals surface area (Å²) in [5, 5.41) is 0. The van der Waals surface area contributed by atoms with Gasteiger partial charge in [0.25, 0.3) is 0 Å². The van der Waals surface area contributed by atoms with E-state index in [1.807, 2.05) is 6.20 Å². The predicted octanol–water partition coefficient (Wildman–Crippen LogP) is 6.23. The van der Waals surface area contributed by atoms with E-state index in [9.17, 15) is 0 Å². The van der Waals surface area contributed by atoms with Crippen LogP contribution in [0.5, 0.6) is 5.75 Å². The molecule has 2 nitrogen and oxygen atoms in total. The van der Waals surface area contributed by atoms with Gasteiger partial charge in [-0.2, -0.15) is 4.37 Å². The van der Waals surface area contributed by atoms with Crippen molar-refractivity contribution in [2.24, 2.45) is 0 Å². The highest BCUT2D eigenvalue weighted by molar-refractivity contribution is 7.10. The van der Waals surface area contributed by atoms with Gasteiger partial charge in [-0.05, 0) is 65.2 Å². The van der Waals surface area contributed by atoms with Gasteiger partial charge in [-0.25, -0.2) is 0 Å². The van der Waals surface area contributed by atoms with Crippen molar-refractivity contribution in [3.05, 3.63) is 59.3 Å². The molecule has 0 saturated heterocycles. The lowest BCUT2D eigenvalue weighted by Crippen LogP contribution is -1.92. The average Bonchev–Trinajstić information content (AvgIpc) is 3.07. The highest BCUT2D eigenvalue weighted by Gasteiger charge is 2.14. The van der Waals surface area contributed by atoms with Gasteiger partial charge in [0.1, 0.15) is 5.75 Å². The number of methoxy groups -OCH3 is 1. The fraction of sp³-hybridized carbons (Fsp3) is 0.286. The summed E-state index contributed by atoms with van der Waals surface area (Å²) in [7, 11) is 1.73. The highest BCUT2D eigenvalue weighted by Crippen LogP contribution is 2.38. The van der Waals surface area contributed by atoms with E-state index in [2.05, 4.69) is 68.5 Å². The van der Waals surface area contributed by atoms with Crippen LogP contribution in [0.1, 0.15) is 36.5 Å². The number of aryl methyl sites for hydroxylation is 1. The summed E-state index contributed by atoms with van der Waals surface area (Å²) in [6.07, 6.45) is 1.96. The Labute approximate surface area is 148 Å². The quantitative estimate of drug-likeness (QED) is 0.563. The fourth-order valence-electron chi connectivity index (χ4n) is 2.87.